The van der Waals surface area contributed by atoms with Gasteiger partial charge in [-0.25, -0.2) is 0 Å². The molecule has 98 valence electrons. The molecule has 3 rings (SSSR count). The molecule has 1 N–H and O–H groups in total. The maximum Gasteiger partial charge on any atom is 0.0707 e. The smallest absolute Gasteiger partial charge is 0.0707 e. The molecular weight excluding hydrogens is 212 g/mol. The summed E-state index contributed by atoms with van der Waals surface area (Å²) in [7, 11) is 0. The van der Waals surface area contributed by atoms with E-state index in [4.69, 9.17) is 4.74 Å². The molecule has 0 amide bonds. The van der Waals surface area contributed by atoms with Crippen molar-refractivity contribution in [3.05, 3.63) is 0 Å². The fourth-order valence-corrected chi connectivity index (χ4v) is 3.28. The molecule has 3 atom stereocenters. The first-order valence-electron chi connectivity index (χ1n) is 7.35. The molecule has 2 heterocycles. The van der Waals surface area contributed by atoms with E-state index in [-0.39, 0.29) is 0 Å². The van der Waals surface area contributed by atoms with Crippen LogP contribution in [0.2, 0.25) is 0 Å². The Morgan fingerprint density at radius 2 is 1.76 bits per heavy atom. The molecule has 0 radical (unpaired) electrons. The van der Waals surface area contributed by atoms with Crippen molar-refractivity contribution in [2.24, 2.45) is 5.92 Å². The Kier molecular flexibility index (Phi) is 3.42. The van der Waals surface area contributed by atoms with E-state index in [1.807, 2.05) is 0 Å². The minimum Gasteiger partial charge on any atom is -0.372 e. The molecule has 0 aromatic rings. The normalized spacial score (nSPS) is 35.5. The topological polar surface area (TPSA) is 24.5 Å². The number of ether oxygens (including phenoxy) is 1. The first-order valence-corrected chi connectivity index (χ1v) is 7.35. The molecule has 2 bridgehead atoms. The van der Waals surface area contributed by atoms with Gasteiger partial charge in [-0.1, -0.05) is 13.8 Å². The Bertz CT molecular complexity index is 253. The van der Waals surface area contributed by atoms with Crippen molar-refractivity contribution in [2.75, 3.05) is 19.6 Å². The largest absolute Gasteiger partial charge is 0.372 e. The molecule has 2 aliphatic heterocycles. The van der Waals surface area contributed by atoms with Crippen LogP contribution in [0, 0.1) is 5.92 Å². The summed E-state index contributed by atoms with van der Waals surface area (Å²) in [6.07, 6.45) is 6.38. The first-order chi connectivity index (χ1) is 8.22. The second-order valence-electron chi connectivity index (χ2n) is 6.41. The van der Waals surface area contributed by atoms with E-state index in [0.29, 0.717) is 18.2 Å². The van der Waals surface area contributed by atoms with Gasteiger partial charge in [0.25, 0.3) is 0 Å². The van der Waals surface area contributed by atoms with Crippen LogP contribution >= 0.6 is 0 Å². The standard InChI is InChI=1S/C14H26N2O/c1-10(2)14(7-15-11-3-4-11)16-8-12-5-6-13(9-16)17-12/h10-15H,3-9H2,1-2H3. The minimum absolute atomic E-state index is 0.524. The van der Waals surface area contributed by atoms with E-state index >= 15 is 0 Å². The van der Waals surface area contributed by atoms with E-state index in [0.717, 1.165) is 25.0 Å². The van der Waals surface area contributed by atoms with Crippen LogP contribution in [-0.2, 0) is 4.74 Å². The fraction of sp³-hybridized carbons (Fsp3) is 1.00. The highest BCUT2D eigenvalue weighted by molar-refractivity contribution is 4.91. The lowest BCUT2D eigenvalue weighted by molar-refractivity contribution is -0.0586. The second kappa shape index (κ2) is 4.87. The summed E-state index contributed by atoms with van der Waals surface area (Å²) in [6.45, 7) is 8.20. The lowest BCUT2D eigenvalue weighted by Gasteiger charge is -2.40. The Balaban J connectivity index is 1.57. The predicted octanol–water partition coefficient (Wildman–Crippen LogP) is 1.63. The van der Waals surface area contributed by atoms with Crippen LogP contribution in [0.15, 0.2) is 0 Å². The maximum atomic E-state index is 5.93. The first kappa shape index (κ1) is 11.9. The summed E-state index contributed by atoms with van der Waals surface area (Å²) in [5, 5.41) is 3.70. The van der Waals surface area contributed by atoms with E-state index in [1.165, 1.54) is 32.2 Å². The van der Waals surface area contributed by atoms with Gasteiger partial charge in [-0.2, -0.15) is 0 Å². The molecule has 0 aromatic carbocycles. The van der Waals surface area contributed by atoms with Crippen LogP contribution in [0.1, 0.15) is 39.5 Å². The predicted molar refractivity (Wildman–Crippen MR) is 69.1 cm³/mol. The van der Waals surface area contributed by atoms with Crippen molar-refractivity contribution in [1.29, 1.82) is 0 Å². The number of nitrogens with one attached hydrogen (secondary N) is 1. The number of morpholine rings is 1. The van der Waals surface area contributed by atoms with Gasteiger partial charge < -0.3 is 10.1 Å². The molecule has 1 saturated carbocycles. The Morgan fingerprint density at radius 1 is 1.12 bits per heavy atom. The average Bonchev–Trinajstić information content (AvgIpc) is 3.05. The Morgan fingerprint density at radius 3 is 2.29 bits per heavy atom. The van der Waals surface area contributed by atoms with Gasteiger partial charge in [0, 0.05) is 31.7 Å². The monoisotopic (exact) mass is 238 g/mol. The number of rotatable bonds is 5. The van der Waals surface area contributed by atoms with Crippen LogP contribution in [0.4, 0.5) is 0 Å². The van der Waals surface area contributed by atoms with Crippen molar-refractivity contribution < 1.29 is 4.74 Å². The molecule has 0 aromatic heterocycles. The van der Waals surface area contributed by atoms with Gasteiger partial charge in [0.1, 0.15) is 0 Å². The summed E-state index contributed by atoms with van der Waals surface area (Å²) < 4.78 is 5.93. The lowest BCUT2D eigenvalue weighted by atomic mass is 10.0. The van der Waals surface area contributed by atoms with E-state index in [2.05, 4.69) is 24.1 Å². The lowest BCUT2D eigenvalue weighted by Crippen LogP contribution is -2.53. The second-order valence-corrected chi connectivity index (χ2v) is 6.41. The van der Waals surface area contributed by atoms with Crippen molar-refractivity contribution in [3.63, 3.8) is 0 Å². The van der Waals surface area contributed by atoms with Crippen molar-refractivity contribution in [2.45, 2.75) is 63.8 Å². The molecule has 3 nitrogen and oxygen atoms in total. The van der Waals surface area contributed by atoms with Crippen molar-refractivity contribution in [3.8, 4) is 0 Å². The van der Waals surface area contributed by atoms with Crippen molar-refractivity contribution in [1.82, 2.24) is 10.2 Å². The maximum absolute atomic E-state index is 5.93. The van der Waals surface area contributed by atoms with E-state index in [9.17, 15) is 0 Å². The Labute approximate surface area is 105 Å². The zero-order chi connectivity index (χ0) is 11.8. The van der Waals surface area contributed by atoms with Crippen LogP contribution in [0.25, 0.3) is 0 Å². The number of likely N-dealkylation sites (tertiary alicyclic amines) is 1. The summed E-state index contributed by atoms with van der Waals surface area (Å²) in [5.74, 6) is 0.735. The molecule has 3 unspecified atom stereocenters. The molecular formula is C14H26N2O. The highest BCUT2D eigenvalue weighted by Gasteiger charge is 2.37. The zero-order valence-corrected chi connectivity index (χ0v) is 11.2. The van der Waals surface area contributed by atoms with E-state index < -0.39 is 0 Å². The third-order valence-electron chi connectivity index (χ3n) is 4.50. The third-order valence-corrected chi connectivity index (χ3v) is 4.50. The number of nitrogens with zero attached hydrogens (tertiary/aromatic N) is 1. The zero-order valence-electron chi connectivity index (χ0n) is 11.2. The highest BCUT2D eigenvalue weighted by atomic mass is 16.5. The van der Waals surface area contributed by atoms with Gasteiger partial charge in [0.05, 0.1) is 12.2 Å². The minimum atomic E-state index is 0.524. The fourth-order valence-electron chi connectivity index (χ4n) is 3.28. The number of fused-ring (bicyclic) bond motifs is 2. The molecule has 3 heteroatoms. The summed E-state index contributed by atoms with van der Waals surface area (Å²) >= 11 is 0. The number of hydrogen-bond acceptors (Lipinski definition) is 3. The van der Waals surface area contributed by atoms with Gasteiger partial charge in [-0.15, -0.1) is 0 Å². The average molecular weight is 238 g/mol. The quantitative estimate of drug-likeness (QED) is 0.788. The number of hydrogen-bond donors (Lipinski definition) is 1. The molecule has 0 spiro atoms. The molecule has 17 heavy (non-hydrogen) atoms. The van der Waals surface area contributed by atoms with Crippen LogP contribution < -0.4 is 5.32 Å². The third kappa shape index (κ3) is 2.83. The molecule has 1 aliphatic carbocycles. The van der Waals surface area contributed by atoms with Gasteiger partial charge in [-0.3, -0.25) is 4.90 Å². The Hall–Kier alpha value is -0.120. The van der Waals surface area contributed by atoms with Crippen molar-refractivity contribution >= 4 is 0 Å². The molecule has 2 saturated heterocycles. The summed E-state index contributed by atoms with van der Waals surface area (Å²) in [6, 6.07) is 1.52. The van der Waals surface area contributed by atoms with E-state index in [1.54, 1.807) is 0 Å². The van der Waals surface area contributed by atoms with Crippen LogP contribution in [0.3, 0.4) is 0 Å². The summed E-state index contributed by atoms with van der Waals surface area (Å²) in [5.41, 5.74) is 0. The van der Waals surface area contributed by atoms with Gasteiger partial charge in [0.15, 0.2) is 0 Å². The summed E-state index contributed by atoms with van der Waals surface area (Å²) in [4.78, 5) is 2.69. The SMILES string of the molecule is CC(C)C(CNC1CC1)N1CC2CCC(C1)O2. The molecule has 3 aliphatic rings. The van der Waals surface area contributed by atoms with Gasteiger partial charge in [-0.05, 0) is 31.6 Å². The van der Waals surface area contributed by atoms with Gasteiger partial charge >= 0.3 is 0 Å². The highest BCUT2D eigenvalue weighted by Crippen LogP contribution is 2.29. The van der Waals surface area contributed by atoms with Crippen LogP contribution in [-0.4, -0.2) is 48.8 Å². The molecule has 3 fully saturated rings. The van der Waals surface area contributed by atoms with Gasteiger partial charge in [0.2, 0.25) is 0 Å². The van der Waals surface area contributed by atoms with Crippen LogP contribution in [0.5, 0.6) is 0 Å².